The molecule has 0 aromatic carbocycles. The summed E-state index contributed by atoms with van der Waals surface area (Å²) in [4.78, 5) is 3.71. The molecule has 0 aliphatic rings. The maximum absolute atomic E-state index is 8.55. The SMILES string of the molecule is Cn1nc(N)nc1CO. The van der Waals surface area contributed by atoms with E-state index in [4.69, 9.17) is 10.8 Å². The largest absolute Gasteiger partial charge is 0.388 e. The van der Waals surface area contributed by atoms with Crippen molar-refractivity contribution < 1.29 is 5.11 Å². The van der Waals surface area contributed by atoms with Crippen LogP contribution in [0.5, 0.6) is 0 Å². The predicted octanol–water partition coefficient (Wildman–Crippen LogP) is -1.11. The van der Waals surface area contributed by atoms with E-state index < -0.39 is 0 Å². The number of hydrogen-bond donors (Lipinski definition) is 2. The van der Waals surface area contributed by atoms with Gasteiger partial charge in [0, 0.05) is 7.05 Å². The van der Waals surface area contributed by atoms with Crippen molar-refractivity contribution in [1.82, 2.24) is 14.8 Å². The number of anilines is 1. The van der Waals surface area contributed by atoms with E-state index in [1.807, 2.05) is 0 Å². The van der Waals surface area contributed by atoms with Crippen molar-refractivity contribution in [1.29, 1.82) is 0 Å². The minimum absolute atomic E-state index is 0.124. The predicted molar refractivity (Wildman–Crippen MR) is 31.3 cm³/mol. The maximum atomic E-state index is 8.55. The Morgan fingerprint density at radius 3 is 2.67 bits per heavy atom. The molecule has 1 rings (SSSR count). The van der Waals surface area contributed by atoms with Gasteiger partial charge >= 0.3 is 0 Å². The molecule has 50 valence electrons. The number of aliphatic hydroxyl groups is 1. The molecule has 5 nitrogen and oxygen atoms in total. The third-order valence-corrected chi connectivity index (χ3v) is 1.01. The van der Waals surface area contributed by atoms with E-state index in [-0.39, 0.29) is 12.6 Å². The number of rotatable bonds is 1. The van der Waals surface area contributed by atoms with E-state index in [0.717, 1.165) is 0 Å². The summed E-state index contributed by atoms with van der Waals surface area (Å²) in [5.41, 5.74) is 5.20. The monoisotopic (exact) mass is 128 g/mol. The summed E-state index contributed by atoms with van der Waals surface area (Å²) in [5.74, 6) is 0.675. The number of aliphatic hydroxyl groups excluding tert-OH is 1. The van der Waals surface area contributed by atoms with Crippen LogP contribution in [0.15, 0.2) is 0 Å². The first-order valence-corrected chi connectivity index (χ1v) is 2.50. The number of hydrogen-bond acceptors (Lipinski definition) is 4. The molecule has 0 unspecified atom stereocenters. The van der Waals surface area contributed by atoms with Gasteiger partial charge < -0.3 is 10.8 Å². The second kappa shape index (κ2) is 2.02. The third-order valence-electron chi connectivity index (χ3n) is 1.01. The summed E-state index contributed by atoms with van der Waals surface area (Å²) in [6.45, 7) is -0.124. The lowest BCUT2D eigenvalue weighted by Crippen LogP contribution is -1.98. The van der Waals surface area contributed by atoms with E-state index in [0.29, 0.717) is 5.82 Å². The van der Waals surface area contributed by atoms with Crippen molar-refractivity contribution in [3.05, 3.63) is 5.82 Å². The van der Waals surface area contributed by atoms with Crippen LogP contribution in [0.3, 0.4) is 0 Å². The third kappa shape index (κ3) is 0.996. The van der Waals surface area contributed by atoms with E-state index >= 15 is 0 Å². The fourth-order valence-electron chi connectivity index (χ4n) is 0.576. The molecule has 0 aliphatic heterocycles. The van der Waals surface area contributed by atoms with Crippen molar-refractivity contribution >= 4 is 5.95 Å². The zero-order valence-corrected chi connectivity index (χ0v) is 5.07. The van der Waals surface area contributed by atoms with Gasteiger partial charge in [-0.1, -0.05) is 0 Å². The molecule has 0 spiro atoms. The van der Waals surface area contributed by atoms with E-state index in [2.05, 4.69) is 10.1 Å². The lowest BCUT2D eigenvalue weighted by atomic mass is 10.7. The molecular weight excluding hydrogens is 120 g/mol. The molecule has 0 aliphatic carbocycles. The van der Waals surface area contributed by atoms with Gasteiger partial charge in [-0.3, -0.25) is 0 Å². The second-order valence-corrected chi connectivity index (χ2v) is 1.67. The standard InChI is InChI=1S/C4H8N4O/c1-8-3(2-9)6-4(5)7-8/h9H,2H2,1H3,(H2,5,7). The van der Waals surface area contributed by atoms with E-state index in [1.54, 1.807) is 7.05 Å². The summed E-state index contributed by atoms with van der Waals surface area (Å²) < 4.78 is 1.44. The van der Waals surface area contributed by atoms with Gasteiger partial charge in [-0.2, -0.15) is 4.98 Å². The molecule has 0 bridgehead atoms. The second-order valence-electron chi connectivity index (χ2n) is 1.67. The summed E-state index contributed by atoms with van der Waals surface area (Å²) >= 11 is 0. The Hall–Kier alpha value is -1.10. The van der Waals surface area contributed by atoms with Crippen molar-refractivity contribution in [2.24, 2.45) is 7.05 Å². The van der Waals surface area contributed by atoms with E-state index in [9.17, 15) is 0 Å². The zero-order chi connectivity index (χ0) is 6.85. The molecule has 0 amide bonds. The van der Waals surface area contributed by atoms with Crippen LogP contribution in [-0.2, 0) is 13.7 Å². The van der Waals surface area contributed by atoms with Gasteiger partial charge in [0.25, 0.3) is 0 Å². The smallest absolute Gasteiger partial charge is 0.239 e. The highest BCUT2D eigenvalue weighted by atomic mass is 16.3. The number of aromatic nitrogens is 3. The first-order chi connectivity index (χ1) is 4.24. The summed E-state index contributed by atoms with van der Waals surface area (Å²) in [7, 11) is 1.68. The maximum Gasteiger partial charge on any atom is 0.239 e. The molecule has 1 aromatic rings. The van der Waals surface area contributed by atoms with Crippen molar-refractivity contribution in [3.63, 3.8) is 0 Å². The Bertz CT molecular complexity index is 206. The highest BCUT2D eigenvalue weighted by molar-refractivity contribution is 5.12. The van der Waals surface area contributed by atoms with Gasteiger partial charge in [-0.15, -0.1) is 5.10 Å². The Kier molecular flexibility index (Phi) is 1.35. The molecule has 0 saturated heterocycles. The van der Waals surface area contributed by atoms with Gasteiger partial charge in [0.1, 0.15) is 6.61 Å². The normalized spacial score (nSPS) is 10.0. The summed E-state index contributed by atoms with van der Waals surface area (Å²) in [6.07, 6.45) is 0. The van der Waals surface area contributed by atoms with Crippen LogP contribution in [0.25, 0.3) is 0 Å². The average Bonchev–Trinajstić information content (AvgIpc) is 2.10. The highest BCUT2D eigenvalue weighted by Crippen LogP contribution is 1.95. The van der Waals surface area contributed by atoms with Crippen LogP contribution >= 0.6 is 0 Å². The molecule has 0 radical (unpaired) electrons. The number of nitrogen functional groups attached to an aromatic ring is 1. The molecule has 9 heavy (non-hydrogen) atoms. The Labute approximate surface area is 52.1 Å². The van der Waals surface area contributed by atoms with Crippen LogP contribution in [0.2, 0.25) is 0 Å². The van der Waals surface area contributed by atoms with Gasteiger partial charge in [-0.05, 0) is 0 Å². The number of aryl methyl sites for hydroxylation is 1. The average molecular weight is 128 g/mol. The van der Waals surface area contributed by atoms with Crippen LogP contribution < -0.4 is 5.73 Å². The van der Waals surface area contributed by atoms with Crippen LogP contribution in [0, 0.1) is 0 Å². The molecule has 0 fully saturated rings. The van der Waals surface area contributed by atoms with Crippen LogP contribution in [0.1, 0.15) is 5.82 Å². The molecule has 0 saturated carbocycles. The zero-order valence-electron chi connectivity index (χ0n) is 5.07. The Morgan fingerprint density at radius 1 is 1.78 bits per heavy atom. The van der Waals surface area contributed by atoms with Crippen molar-refractivity contribution in [2.45, 2.75) is 6.61 Å². The van der Waals surface area contributed by atoms with E-state index in [1.165, 1.54) is 4.68 Å². The molecule has 1 heterocycles. The minimum Gasteiger partial charge on any atom is -0.388 e. The first kappa shape index (κ1) is 6.03. The number of nitrogens with zero attached hydrogens (tertiary/aromatic N) is 3. The van der Waals surface area contributed by atoms with Crippen molar-refractivity contribution in [3.8, 4) is 0 Å². The van der Waals surface area contributed by atoms with Gasteiger partial charge in [0.05, 0.1) is 0 Å². The van der Waals surface area contributed by atoms with Crippen molar-refractivity contribution in [2.75, 3.05) is 5.73 Å². The summed E-state index contributed by atoms with van der Waals surface area (Å²) in [6, 6.07) is 0. The fraction of sp³-hybridized carbons (Fsp3) is 0.500. The molecule has 3 N–H and O–H groups in total. The number of nitrogens with two attached hydrogens (primary N) is 1. The van der Waals surface area contributed by atoms with Gasteiger partial charge in [0.15, 0.2) is 5.82 Å². The quantitative estimate of drug-likeness (QED) is 0.502. The summed E-state index contributed by atoms with van der Waals surface area (Å²) in [5, 5.41) is 12.3. The highest BCUT2D eigenvalue weighted by Gasteiger charge is 1.99. The molecule has 1 aromatic heterocycles. The van der Waals surface area contributed by atoms with Gasteiger partial charge in [-0.25, -0.2) is 4.68 Å². The lowest BCUT2D eigenvalue weighted by molar-refractivity contribution is 0.265. The Morgan fingerprint density at radius 2 is 2.44 bits per heavy atom. The first-order valence-electron chi connectivity index (χ1n) is 2.50. The fourth-order valence-corrected chi connectivity index (χ4v) is 0.576. The molecular formula is C4H8N4O. The topological polar surface area (TPSA) is 77.0 Å². The Balaban J connectivity index is 3.01. The minimum atomic E-state index is -0.124. The van der Waals surface area contributed by atoms with Crippen LogP contribution in [-0.4, -0.2) is 19.9 Å². The molecule has 5 heteroatoms. The van der Waals surface area contributed by atoms with Crippen LogP contribution in [0.4, 0.5) is 5.95 Å². The molecule has 0 atom stereocenters. The van der Waals surface area contributed by atoms with Gasteiger partial charge in [0.2, 0.25) is 5.95 Å². The lowest BCUT2D eigenvalue weighted by Gasteiger charge is -1.89.